The molecule has 146 valence electrons. The fourth-order valence-corrected chi connectivity index (χ4v) is 2.66. The minimum Gasteiger partial charge on any atom is -0.454 e. The van der Waals surface area contributed by atoms with Crippen LogP contribution in [-0.4, -0.2) is 31.6 Å². The molecule has 1 atom stereocenters. The number of hydrogen-bond acceptors (Lipinski definition) is 6. The highest BCUT2D eigenvalue weighted by Gasteiger charge is 2.19. The molecule has 2 amide bonds. The third-order valence-corrected chi connectivity index (χ3v) is 3.96. The number of hydrazone groups is 1. The van der Waals surface area contributed by atoms with E-state index in [0.717, 1.165) is 11.1 Å². The number of rotatable bonds is 7. The fourth-order valence-electron chi connectivity index (χ4n) is 2.66. The van der Waals surface area contributed by atoms with Crippen LogP contribution in [0.2, 0.25) is 0 Å². The summed E-state index contributed by atoms with van der Waals surface area (Å²) in [5.41, 5.74) is 4.03. The molecule has 0 aromatic heterocycles. The predicted octanol–water partition coefficient (Wildman–Crippen LogP) is 2.74. The average molecular weight is 383 g/mol. The standard InChI is InChI=1S/C20H21N3O5/c1-2-26-20(25)22-16(15-6-4-3-5-7-15)11-19(24)23-21-12-14-8-9-17-18(10-14)28-13-27-17/h3-10,12,16H,2,11,13H2,1H3,(H,22,25)(H,23,24)/b21-12-/t16-/m0/s1. The molecule has 0 unspecified atom stereocenters. The molecule has 0 spiro atoms. The maximum Gasteiger partial charge on any atom is 0.407 e. The summed E-state index contributed by atoms with van der Waals surface area (Å²) in [5.74, 6) is 0.970. The molecule has 0 saturated carbocycles. The highest BCUT2D eigenvalue weighted by Crippen LogP contribution is 2.31. The molecule has 2 N–H and O–H groups in total. The molecule has 1 aliphatic rings. The minimum absolute atomic E-state index is 0.0152. The Morgan fingerprint density at radius 2 is 1.96 bits per heavy atom. The summed E-state index contributed by atoms with van der Waals surface area (Å²) >= 11 is 0. The van der Waals surface area contributed by atoms with Crippen molar-refractivity contribution >= 4 is 18.2 Å². The molecule has 8 nitrogen and oxygen atoms in total. The van der Waals surface area contributed by atoms with E-state index in [1.165, 1.54) is 6.21 Å². The van der Waals surface area contributed by atoms with Crippen molar-refractivity contribution in [1.29, 1.82) is 0 Å². The van der Waals surface area contributed by atoms with Crippen LogP contribution in [0.5, 0.6) is 11.5 Å². The zero-order valence-corrected chi connectivity index (χ0v) is 15.4. The van der Waals surface area contributed by atoms with Crippen molar-refractivity contribution in [2.24, 2.45) is 5.10 Å². The number of nitrogens with zero attached hydrogens (tertiary/aromatic N) is 1. The number of amides is 2. The normalized spacial score (nSPS) is 13.2. The number of carbonyl (C=O) groups is 2. The van der Waals surface area contributed by atoms with E-state index in [0.29, 0.717) is 11.5 Å². The summed E-state index contributed by atoms with van der Waals surface area (Å²) in [5, 5.41) is 6.66. The Bertz CT molecular complexity index is 854. The highest BCUT2D eigenvalue weighted by molar-refractivity contribution is 5.83. The van der Waals surface area contributed by atoms with Crippen molar-refractivity contribution in [3.8, 4) is 11.5 Å². The highest BCUT2D eigenvalue weighted by atomic mass is 16.7. The van der Waals surface area contributed by atoms with E-state index in [4.69, 9.17) is 14.2 Å². The van der Waals surface area contributed by atoms with Gasteiger partial charge < -0.3 is 19.5 Å². The van der Waals surface area contributed by atoms with Gasteiger partial charge in [0.2, 0.25) is 12.7 Å². The summed E-state index contributed by atoms with van der Waals surface area (Å²) in [6, 6.07) is 14.0. The third-order valence-electron chi connectivity index (χ3n) is 3.96. The molecular weight excluding hydrogens is 362 g/mol. The van der Waals surface area contributed by atoms with Crippen molar-refractivity contribution in [3.63, 3.8) is 0 Å². The lowest BCUT2D eigenvalue weighted by atomic mass is 10.0. The average Bonchev–Trinajstić information content (AvgIpc) is 3.16. The van der Waals surface area contributed by atoms with E-state index in [1.807, 2.05) is 30.3 Å². The number of carbonyl (C=O) groups excluding carboxylic acids is 2. The summed E-state index contributed by atoms with van der Waals surface area (Å²) < 4.78 is 15.5. The lowest BCUT2D eigenvalue weighted by molar-refractivity contribution is -0.121. The fraction of sp³-hybridized carbons (Fsp3) is 0.250. The molecule has 2 aromatic carbocycles. The topological polar surface area (TPSA) is 98.2 Å². The SMILES string of the molecule is CCOC(=O)N[C@@H](CC(=O)N/N=C\c1ccc2c(c1)OCO2)c1ccccc1. The largest absolute Gasteiger partial charge is 0.454 e. The zero-order chi connectivity index (χ0) is 19.8. The van der Waals surface area contributed by atoms with Crippen LogP contribution in [0.4, 0.5) is 4.79 Å². The summed E-state index contributed by atoms with van der Waals surface area (Å²) in [7, 11) is 0. The van der Waals surface area contributed by atoms with Crippen LogP contribution in [0.1, 0.15) is 30.5 Å². The third kappa shape index (κ3) is 5.23. The van der Waals surface area contributed by atoms with Gasteiger partial charge in [0.25, 0.3) is 0 Å². The van der Waals surface area contributed by atoms with Crippen molar-refractivity contribution in [1.82, 2.24) is 10.7 Å². The number of fused-ring (bicyclic) bond motifs is 1. The number of benzene rings is 2. The quantitative estimate of drug-likeness (QED) is 0.566. The Labute approximate surface area is 162 Å². The van der Waals surface area contributed by atoms with Gasteiger partial charge in [-0.25, -0.2) is 10.2 Å². The first-order valence-electron chi connectivity index (χ1n) is 8.85. The van der Waals surface area contributed by atoms with E-state index in [2.05, 4.69) is 15.8 Å². The van der Waals surface area contributed by atoms with Crippen LogP contribution in [0.3, 0.4) is 0 Å². The number of nitrogens with one attached hydrogen (secondary N) is 2. The Balaban J connectivity index is 1.59. The van der Waals surface area contributed by atoms with Crippen LogP contribution in [-0.2, 0) is 9.53 Å². The van der Waals surface area contributed by atoms with Gasteiger partial charge in [-0.2, -0.15) is 5.10 Å². The van der Waals surface area contributed by atoms with Crippen LogP contribution in [0.25, 0.3) is 0 Å². The van der Waals surface area contributed by atoms with Crippen LogP contribution in [0, 0.1) is 0 Å². The molecule has 28 heavy (non-hydrogen) atoms. The summed E-state index contributed by atoms with van der Waals surface area (Å²) in [6.45, 7) is 2.16. The molecule has 1 aliphatic heterocycles. The van der Waals surface area contributed by atoms with Gasteiger partial charge in [-0.1, -0.05) is 30.3 Å². The molecule has 3 rings (SSSR count). The Kier molecular flexibility index (Phi) is 6.46. The van der Waals surface area contributed by atoms with Gasteiger partial charge in [0, 0.05) is 0 Å². The molecule has 0 fully saturated rings. The second-order valence-electron chi connectivity index (χ2n) is 5.94. The molecule has 0 aliphatic carbocycles. The monoisotopic (exact) mass is 383 g/mol. The van der Waals surface area contributed by atoms with E-state index < -0.39 is 12.1 Å². The van der Waals surface area contributed by atoms with E-state index in [9.17, 15) is 9.59 Å². The molecule has 2 aromatic rings. The summed E-state index contributed by atoms with van der Waals surface area (Å²) in [6.07, 6.45) is 0.949. The second kappa shape index (κ2) is 9.40. The smallest absolute Gasteiger partial charge is 0.407 e. The first-order chi connectivity index (χ1) is 13.7. The molecule has 1 heterocycles. The molecule has 0 saturated heterocycles. The van der Waals surface area contributed by atoms with E-state index in [-0.39, 0.29) is 25.7 Å². The van der Waals surface area contributed by atoms with Gasteiger partial charge in [0.05, 0.1) is 25.3 Å². The number of ether oxygens (including phenoxy) is 3. The first kappa shape index (κ1) is 19.2. The Morgan fingerprint density at radius 1 is 1.18 bits per heavy atom. The van der Waals surface area contributed by atoms with Gasteiger partial charge in [0.15, 0.2) is 11.5 Å². The van der Waals surface area contributed by atoms with Crippen molar-refractivity contribution in [2.45, 2.75) is 19.4 Å². The van der Waals surface area contributed by atoms with Crippen molar-refractivity contribution < 1.29 is 23.8 Å². The van der Waals surface area contributed by atoms with E-state index >= 15 is 0 Å². The van der Waals surface area contributed by atoms with Crippen molar-refractivity contribution in [2.75, 3.05) is 13.4 Å². The minimum atomic E-state index is -0.576. The van der Waals surface area contributed by atoms with Gasteiger partial charge in [0.1, 0.15) is 0 Å². The Morgan fingerprint density at radius 3 is 2.75 bits per heavy atom. The van der Waals surface area contributed by atoms with Crippen LogP contribution < -0.4 is 20.2 Å². The molecule has 0 radical (unpaired) electrons. The van der Waals surface area contributed by atoms with Crippen LogP contribution in [0.15, 0.2) is 53.6 Å². The maximum atomic E-state index is 12.3. The van der Waals surface area contributed by atoms with Crippen LogP contribution >= 0.6 is 0 Å². The second-order valence-corrected chi connectivity index (χ2v) is 5.94. The van der Waals surface area contributed by atoms with Crippen molar-refractivity contribution in [3.05, 3.63) is 59.7 Å². The first-order valence-corrected chi connectivity index (χ1v) is 8.85. The zero-order valence-electron chi connectivity index (χ0n) is 15.4. The van der Waals surface area contributed by atoms with Gasteiger partial charge in [-0.15, -0.1) is 0 Å². The lowest BCUT2D eigenvalue weighted by Gasteiger charge is -2.18. The van der Waals surface area contributed by atoms with Gasteiger partial charge in [-0.05, 0) is 36.2 Å². The number of hydrogen-bond donors (Lipinski definition) is 2. The maximum absolute atomic E-state index is 12.3. The molecule has 0 bridgehead atoms. The lowest BCUT2D eigenvalue weighted by Crippen LogP contribution is -2.33. The van der Waals surface area contributed by atoms with Gasteiger partial charge >= 0.3 is 6.09 Å². The predicted molar refractivity (Wildman–Crippen MR) is 102 cm³/mol. The molecular formula is C20H21N3O5. The Hall–Kier alpha value is -3.55. The van der Waals surface area contributed by atoms with E-state index in [1.54, 1.807) is 25.1 Å². The number of alkyl carbamates (subject to hydrolysis) is 1. The summed E-state index contributed by atoms with van der Waals surface area (Å²) in [4.78, 5) is 24.1. The molecule has 8 heteroatoms. The van der Waals surface area contributed by atoms with Gasteiger partial charge in [-0.3, -0.25) is 4.79 Å².